The molecular weight excluding hydrogens is 220 g/mol. The van der Waals surface area contributed by atoms with Crippen LogP contribution in [0.1, 0.15) is 40.5 Å². The van der Waals surface area contributed by atoms with Gasteiger partial charge >= 0.3 is 6.03 Å². The minimum absolute atomic E-state index is 0.0637. The van der Waals surface area contributed by atoms with E-state index in [2.05, 4.69) is 10.6 Å². The number of urea groups is 1. The minimum atomic E-state index is -0.378. The van der Waals surface area contributed by atoms with Gasteiger partial charge in [-0.25, -0.2) is 4.79 Å². The summed E-state index contributed by atoms with van der Waals surface area (Å²) in [6, 6.07) is -0.229. The van der Waals surface area contributed by atoms with Gasteiger partial charge in [0.1, 0.15) is 0 Å². The summed E-state index contributed by atoms with van der Waals surface area (Å²) in [6.45, 7) is 8.21. The number of methoxy groups -OCH3 is 1. The maximum Gasteiger partial charge on any atom is 0.315 e. The van der Waals surface area contributed by atoms with Gasteiger partial charge in [0.25, 0.3) is 0 Å². The number of rotatable bonds is 7. The molecule has 0 aliphatic carbocycles. The highest BCUT2D eigenvalue weighted by Gasteiger charge is 2.24. The van der Waals surface area contributed by atoms with Gasteiger partial charge in [-0.1, -0.05) is 6.92 Å². The van der Waals surface area contributed by atoms with Crippen LogP contribution in [0.5, 0.6) is 0 Å². The largest absolute Gasteiger partial charge is 0.396 e. The monoisotopic (exact) mass is 246 g/mol. The van der Waals surface area contributed by atoms with E-state index in [1.807, 2.05) is 27.7 Å². The molecule has 0 aromatic carbocycles. The van der Waals surface area contributed by atoms with Crippen LogP contribution in [0.2, 0.25) is 0 Å². The Labute approximate surface area is 104 Å². The van der Waals surface area contributed by atoms with Crippen molar-refractivity contribution in [1.82, 2.24) is 10.6 Å². The van der Waals surface area contributed by atoms with Crippen LogP contribution in [-0.4, -0.2) is 42.5 Å². The topological polar surface area (TPSA) is 70.6 Å². The van der Waals surface area contributed by atoms with Crippen molar-refractivity contribution in [1.29, 1.82) is 0 Å². The quantitative estimate of drug-likeness (QED) is 0.633. The van der Waals surface area contributed by atoms with Gasteiger partial charge in [0.05, 0.1) is 5.60 Å². The first-order chi connectivity index (χ1) is 7.78. The Bertz CT molecular complexity index is 244. The zero-order valence-corrected chi connectivity index (χ0v) is 11.6. The summed E-state index contributed by atoms with van der Waals surface area (Å²) in [7, 11) is 1.61. The second kappa shape index (κ2) is 6.81. The van der Waals surface area contributed by atoms with Crippen LogP contribution in [0, 0.1) is 0 Å². The predicted octanol–water partition coefficient (Wildman–Crippen LogP) is 1.26. The molecule has 0 aromatic rings. The molecule has 17 heavy (non-hydrogen) atoms. The Balaban J connectivity index is 4.17. The van der Waals surface area contributed by atoms with Gasteiger partial charge in [-0.05, 0) is 33.6 Å². The van der Waals surface area contributed by atoms with Gasteiger partial charge in [-0.3, -0.25) is 0 Å². The fourth-order valence-electron chi connectivity index (χ4n) is 1.26. The van der Waals surface area contributed by atoms with E-state index in [-0.39, 0.29) is 23.8 Å². The molecule has 0 aromatic heterocycles. The molecule has 0 aliphatic rings. The fourth-order valence-corrected chi connectivity index (χ4v) is 1.26. The molecule has 0 rings (SSSR count). The lowest BCUT2D eigenvalue weighted by molar-refractivity contribution is 0.0251. The zero-order valence-electron chi connectivity index (χ0n) is 11.6. The van der Waals surface area contributed by atoms with Gasteiger partial charge in [0.15, 0.2) is 0 Å². The first-order valence-electron chi connectivity index (χ1n) is 6.00. The molecule has 0 bridgehead atoms. The number of hydrogen-bond donors (Lipinski definition) is 3. The Morgan fingerprint density at radius 1 is 1.35 bits per heavy atom. The molecular formula is C12H26N2O3. The normalized spacial score (nSPS) is 15.2. The van der Waals surface area contributed by atoms with Gasteiger partial charge in [-0.15, -0.1) is 0 Å². The summed E-state index contributed by atoms with van der Waals surface area (Å²) >= 11 is 0. The molecule has 2 amide bonds. The molecule has 0 saturated carbocycles. The molecule has 5 heteroatoms. The summed E-state index contributed by atoms with van der Waals surface area (Å²) in [5.41, 5.74) is -0.743. The van der Waals surface area contributed by atoms with Crippen LogP contribution in [0.25, 0.3) is 0 Å². The number of aliphatic hydroxyl groups is 1. The van der Waals surface area contributed by atoms with Crippen molar-refractivity contribution in [3.63, 3.8) is 0 Å². The molecule has 3 N–H and O–H groups in total. The fraction of sp³-hybridized carbons (Fsp3) is 0.917. The summed E-state index contributed by atoms with van der Waals surface area (Å²) in [4.78, 5) is 11.7. The second-order valence-corrected chi connectivity index (χ2v) is 5.16. The molecule has 0 fully saturated rings. The van der Waals surface area contributed by atoms with Gasteiger partial charge in [-0.2, -0.15) is 0 Å². The smallest absolute Gasteiger partial charge is 0.315 e. The standard InChI is InChI=1S/C12H26N2O3/c1-6-12(4,7-8-15)14-10(16)13-9-11(2,3)17-5/h15H,6-9H2,1-5H3,(H2,13,14,16). The van der Waals surface area contributed by atoms with E-state index in [1.165, 1.54) is 0 Å². The molecule has 0 saturated heterocycles. The Morgan fingerprint density at radius 2 is 1.94 bits per heavy atom. The van der Waals surface area contributed by atoms with Crippen molar-refractivity contribution < 1.29 is 14.6 Å². The van der Waals surface area contributed by atoms with Crippen molar-refractivity contribution in [2.24, 2.45) is 0 Å². The van der Waals surface area contributed by atoms with E-state index in [9.17, 15) is 4.79 Å². The van der Waals surface area contributed by atoms with Gasteiger partial charge < -0.3 is 20.5 Å². The van der Waals surface area contributed by atoms with Crippen LogP contribution in [0.4, 0.5) is 4.79 Å². The number of nitrogens with one attached hydrogen (secondary N) is 2. The lowest BCUT2D eigenvalue weighted by Crippen LogP contribution is -2.52. The van der Waals surface area contributed by atoms with Crippen LogP contribution in [-0.2, 0) is 4.74 Å². The van der Waals surface area contributed by atoms with Crippen molar-refractivity contribution in [3.8, 4) is 0 Å². The van der Waals surface area contributed by atoms with Crippen LogP contribution < -0.4 is 10.6 Å². The van der Waals surface area contributed by atoms with Crippen LogP contribution in [0.15, 0.2) is 0 Å². The lowest BCUT2D eigenvalue weighted by Gasteiger charge is -2.30. The third kappa shape index (κ3) is 6.48. The molecule has 0 aliphatic heterocycles. The maximum absolute atomic E-state index is 11.7. The molecule has 102 valence electrons. The van der Waals surface area contributed by atoms with Crippen molar-refractivity contribution in [2.75, 3.05) is 20.3 Å². The highest BCUT2D eigenvalue weighted by Crippen LogP contribution is 2.13. The summed E-state index contributed by atoms with van der Waals surface area (Å²) in [5.74, 6) is 0. The lowest BCUT2D eigenvalue weighted by atomic mass is 9.95. The van der Waals surface area contributed by atoms with Crippen molar-refractivity contribution in [2.45, 2.75) is 51.7 Å². The Kier molecular flexibility index (Phi) is 6.49. The number of amides is 2. The Morgan fingerprint density at radius 3 is 2.35 bits per heavy atom. The first kappa shape index (κ1) is 16.2. The van der Waals surface area contributed by atoms with E-state index in [1.54, 1.807) is 7.11 Å². The van der Waals surface area contributed by atoms with Crippen LogP contribution in [0.3, 0.4) is 0 Å². The molecule has 0 heterocycles. The van der Waals surface area contributed by atoms with Crippen molar-refractivity contribution >= 4 is 6.03 Å². The van der Waals surface area contributed by atoms with Crippen LogP contribution >= 0.6 is 0 Å². The average molecular weight is 246 g/mol. The van der Waals surface area contributed by atoms with E-state index in [0.29, 0.717) is 13.0 Å². The van der Waals surface area contributed by atoms with E-state index < -0.39 is 0 Å². The number of carbonyl (C=O) groups excluding carboxylic acids is 1. The summed E-state index contributed by atoms with van der Waals surface area (Å²) in [6.07, 6.45) is 1.32. The first-order valence-corrected chi connectivity index (χ1v) is 6.00. The number of carbonyl (C=O) groups is 1. The Hall–Kier alpha value is -0.810. The van der Waals surface area contributed by atoms with E-state index >= 15 is 0 Å². The number of hydrogen-bond acceptors (Lipinski definition) is 3. The van der Waals surface area contributed by atoms with E-state index in [0.717, 1.165) is 6.42 Å². The minimum Gasteiger partial charge on any atom is -0.396 e. The third-order valence-electron chi connectivity index (χ3n) is 3.09. The highest BCUT2D eigenvalue weighted by molar-refractivity contribution is 5.74. The van der Waals surface area contributed by atoms with E-state index in [4.69, 9.17) is 9.84 Å². The molecule has 5 nitrogen and oxygen atoms in total. The second-order valence-electron chi connectivity index (χ2n) is 5.16. The third-order valence-corrected chi connectivity index (χ3v) is 3.09. The molecule has 0 radical (unpaired) electrons. The number of ether oxygens (including phenoxy) is 1. The molecule has 1 atom stereocenters. The maximum atomic E-state index is 11.7. The number of aliphatic hydroxyl groups excluding tert-OH is 1. The summed E-state index contributed by atoms with van der Waals surface area (Å²) in [5, 5.41) is 14.6. The highest BCUT2D eigenvalue weighted by atomic mass is 16.5. The average Bonchev–Trinajstić information content (AvgIpc) is 2.27. The van der Waals surface area contributed by atoms with Gasteiger partial charge in [0.2, 0.25) is 0 Å². The zero-order chi connectivity index (χ0) is 13.5. The molecule has 0 spiro atoms. The van der Waals surface area contributed by atoms with Crippen molar-refractivity contribution in [3.05, 3.63) is 0 Å². The summed E-state index contributed by atoms with van der Waals surface area (Å²) < 4.78 is 5.21. The predicted molar refractivity (Wildman–Crippen MR) is 68.0 cm³/mol. The SMILES string of the molecule is CCC(C)(CCO)NC(=O)NCC(C)(C)OC. The van der Waals surface area contributed by atoms with Gasteiger partial charge in [0, 0.05) is 25.8 Å². The molecule has 1 unspecified atom stereocenters.